The molecule has 1 aromatic heterocycles. The maximum atomic E-state index is 13.1. The Morgan fingerprint density at radius 1 is 1.25 bits per heavy atom. The quantitative estimate of drug-likeness (QED) is 0.742. The van der Waals surface area contributed by atoms with Crippen molar-refractivity contribution in [1.82, 2.24) is 4.98 Å². The van der Waals surface area contributed by atoms with Crippen LogP contribution in [0.5, 0.6) is 5.75 Å². The summed E-state index contributed by atoms with van der Waals surface area (Å²) in [5.41, 5.74) is 8.18. The first-order valence-corrected chi connectivity index (χ1v) is 6.16. The molecule has 0 aliphatic carbocycles. The molecule has 0 bridgehead atoms. The lowest BCUT2D eigenvalue weighted by atomic mass is 10.2. The summed E-state index contributed by atoms with van der Waals surface area (Å²) in [6, 6.07) is 9.85. The van der Waals surface area contributed by atoms with Crippen LogP contribution in [-0.4, -0.2) is 4.98 Å². The average Bonchev–Trinajstić information content (AvgIpc) is 2.82. The lowest BCUT2D eigenvalue weighted by molar-refractivity contribution is 0.266. The van der Waals surface area contributed by atoms with Gasteiger partial charge in [0.1, 0.15) is 17.1 Å². The molecule has 5 heteroatoms. The predicted molar refractivity (Wildman–Crippen MR) is 73.9 cm³/mol. The molecule has 0 aliphatic rings. The molecule has 0 aliphatic heterocycles. The molecule has 0 spiro atoms. The standard InChI is InChI=1S/C15H13FN2O2/c1-9-6-11(3-4-12(9)16)19-8-15-18-13-5-2-10(17)7-14(13)20-15/h2-7H,8,17H2,1H3. The Labute approximate surface area is 115 Å². The molecule has 2 N–H and O–H groups in total. The highest BCUT2D eigenvalue weighted by molar-refractivity contribution is 5.76. The molecule has 1 heterocycles. The van der Waals surface area contributed by atoms with E-state index in [0.29, 0.717) is 28.5 Å². The average molecular weight is 272 g/mol. The third kappa shape index (κ3) is 2.42. The number of oxazole rings is 1. The molecule has 3 aromatic rings. The van der Waals surface area contributed by atoms with Crippen molar-refractivity contribution in [2.45, 2.75) is 13.5 Å². The molecule has 0 radical (unpaired) electrons. The van der Waals surface area contributed by atoms with Crippen LogP contribution in [0.2, 0.25) is 0 Å². The second kappa shape index (κ2) is 4.85. The van der Waals surface area contributed by atoms with Gasteiger partial charge in [0.2, 0.25) is 5.89 Å². The highest BCUT2D eigenvalue weighted by Gasteiger charge is 2.07. The number of hydrogen-bond donors (Lipinski definition) is 1. The third-order valence-electron chi connectivity index (χ3n) is 2.95. The van der Waals surface area contributed by atoms with Crippen LogP contribution in [0.1, 0.15) is 11.5 Å². The van der Waals surface area contributed by atoms with Crippen molar-refractivity contribution in [3.05, 3.63) is 53.7 Å². The Balaban J connectivity index is 1.77. The summed E-state index contributed by atoms with van der Waals surface area (Å²) in [7, 11) is 0. The first-order chi connectivity index (χ1) is 9.61. The largest absolute Gasteiger partial charge is 0.484 e. The number of ether oxygens (including phenoxy) is 1. The lowest BCUT2D eigenvalue weighted by Crippen LogP contribution is -1.96. The predicted octanol–water partition coefficient (Wildman–Crippen LogP) is 3.44. The van der Waals surface area contributed by atoms with Gasteiger partial charge in [-0.25, -0.2) is 9.37 Å². The molecular formula is C15H13FN2O2. The summed E-state index contributed by atoms with van der Waals surface area (Å²) in [6.07, 6.45) is 0. The summed E-state index contributed by atoms with van der Waals surface area (Å²) >= 11 is 0. The van der Waals surface area contributed by atoms with Gasteiger partial charge in [-0.3, -0.25) is 0 Å². The fourth-order valence-electron chi connectivity index (χ4n) is 1.90. The smallest absolute Gasteiger partial charge is 0.233 e. The minimum atomic E-state index is -0.255. The maximum Gasteiger partial charge on any atom is 0.233 e. The molecule has 0 saturated heterocycles. The summed E-state index contributed by atoms with van der Waals surface area (Å²) in [5.74, 6) is 0.771. The summed E-state index contributed by atoms with van der Waals surface area (Å²) in [6.45, 7) is 1.87. The van der Waals surface area contributed by atoms with Crippen molar-refractivity contribution in [1.29, 1.82) is 0 Å². The van der Waals surface area contributed by atoms with Gasteiger partial charge < -0.3 is 14.9 Å². The fraction of sp³-hybridized carbons (Fsp3) is 0.133. The van der Waals surface area contributed by atoms with Gasteiger partial charge in [0.15, 0.2) is 12.2 Å². The van der Waals surface area contributed by atoms with Crippen LogP contribution < -0.4 is 10.5 Å². The van der Waals surface area contributed by atoms with Gasteiger partial charge in [-0.2, -0.15) is 0 Å². The van der Waals surface area contributed by atoms with Crippen molar-refractivity contribution in [3.8, 4) is 5.75 Å². The van der Waals surface area contributed by atoms with E-state index in [1.807, 2.05) is 0 Å². The third-order valence-corrected chi connectivity index (χ3v) is 2.95. The van der Waals surface area contributed by atoms with Gasteiger partial charge in [-0.05, 0) is 42.8 Å². The normalized spacial score (nSPS) is 10.9. The van der Waals surface area contributed by atoms with E-state index in [2.05, 4.69) is 4.98 Å². The number of hydrogen-bond acceptors (Lipinski definition) is 4. The highest BCUT2D eigenvalue weighted by atomic mass is 19.1. The summed E-state index contributed by atoms with van der Waals surface area (Å²) < 4.78 is 24.2. The van der Waals surface area contributed by atoms with E-state index < -0.39 is 0 Å². The number of anilines is 1. The van der Waals surface area contributed by atoms with E-state index in [4.69, 9.17) is 14.9 Å². The van der Waals surface area contributed by atoms with E-state index in [1.54, 1.807) is 37.3 Å². The van der Waals surface area contributed by atoms with Crippen LogP contribution in [0.3, 0.4) is 0 Å². The van der Waals surface area contributed by atoms with Gasteiger partial charge in [0.25, 0.3) is 0 Å². The number of benzene rings is 2. The van der Waals surface area contributed by atoms with Crippen LogP contribution in [0.4, 0.5) is 10.1 Å². The van der Waals surface area contributed by atoms with E-state index in [-0.39, 0.29) is 12.4 Å². The molecule has 0 atom stereocenters. The Morgan fingerprint density at radius 2 is 2.10 bits per heavy atom. The molecule has 102 valence electrons. The number of fused-ring (bicyclic) bond motifs is 1. The number of halogens is 1. The van der Waals surface area contributed by atoms with E-state index >= 15 is 0 Å². The number of rotatable bonds is 3. The van der Waals surface area contributed by atoms with Crippen molar-refractivity contribution in [2.75, 3.05) is 5.73 Å². The fourth-order valence-corrected chi connectivity index (χ4v) is 1.90. The van der Waals surface area contributed by atoms with Crippen molar-refractivity contribution in [3.63, 3.8) is 0 Å². The number of aryl methyl sites for hydroxylation is 1. The second-order valence-corrected chi connectivity index (χ2v) is 4.53. The first-order valence-electron chi connectivity index (χ1n) is 6.16. The molecule has 0 amide bonds. The van der Waals surface area contributed by atoms with E-state index in [0.717, 1.165) is 5.52 Å². The maximum absolute atomic E-state index is 13.1. The number of nitrogens with two attached hydrogens (primary N) is 1. The van der Waals surface area contributed by atoms with Gasteiger partial charge in [-0.1, -0.05) is 0 Å². The van der Waals surface area contributed by atoms with Gasteiger partial charge in [-0.15, -0.1) is 0 Å². The summed E-state index contributed by atoms with van der Waals surface area (Å²) in [5, 5.41) is 0. The number of aromatic nitrogens is 1. The summed E-state index contributed by atoms with van der Waals surface area (Å²) in [4.78, 5) is 4.29. The van der Waals surface area contributed by atoms with Crippen molar-refractivity contribution >= 4 is 16.8 Å². The first kappa shape index (κ1) is 12.5. The Kier molecular flexibility index (Phi) is 3.02. The Hall–Kier alpha value is -2.56. The molecule has 3 rings (SSSR count). The molecule has 0 fully saturated rings. The molecule has 20 heavy (non-hydrogen) atoms. The van der Waals surface area contributed by atoms with Crippen LogP contribution in [0.15, 0.2) is 40.8 Å². The van der Waals surface area contributed by atoms with Crippen LogP contribution in [0, 0.1) is 12.7 Å². The SMILES string of the molecule is Cc1cc(OCc2nc3ccc(N)cc3o2)ccc1F. The zero-order chi connectivity index (χ0) is 14.1. The topological polar surface area (TPSA) is 61.3 Å². The monoisotopic (exact) mass is 272 g/mol. The highest BCUT2D eigenvalue weighted by Crippen LogP contribution is 2.21. The number of nitrogen functional groups attached to an aromatic ring is 1. The van der Waals surface area contributed by atoms with Gasteiger partial charge in [0, 0.05) is 11.8 Å². The lowest BCUT2D eigenvalue weighted by Gasteiger charge is -2.04. The van der Waals surface area contributed by atoms with E-state index in [1.165, 1.54) is 6.07 Å². The molecule has 0 saturated carbocycles. The van der Waals surface area contributed by atoms with Crippen LogP contribution in [-0.2, 0) is 6.61 Å². The van der Waals surface area contributed by atoms with Crippen LogP contribution >= 0.6 is 0 Å². The Bertz CT molecular complexity index is 768. The zero-order valence-electron chi connectivity index (χ0n) is 10.9. The van der Waals surface area contributed by atoms with Gasteiger partial charge in [0.05, 0.1) is 0 Å². The van der Waals surface area contributed by atoms with Crippen molar-refractivity contribution in [2.24, 2.45) is 0 Å². The number of nitrogens with zero attached hydrogens (tertiary/aromatic N) is 1. The minimum Gasteiger partial charge on any atom is -0.484 e. The molecule has 0 unspecified atom stereocenters. The minimum absolute atomic E-state index is 0.180. The second-order valence-electron chi connectivity index (χ2n) is 4.53. The van der Waals surface area contributed by atoms with E-state index in [9.17, 15) is 4.39 Å². The van der Waals surface area contributed by atoms with Gasteiger partial charge >= 0.3 is 0 Å². The van der Waals surface area contributed by atoms with Crippen molar-refractivity contribution < 1.29 is 13.5 Å². The zero-order valence-corrected chi connectivity index (χ0v) is 10.9. The molecule has 4 nitrogen and oxygen atoms in total. The Morgan fingerprint density at radius 3 is 2.90 bits per heavy atom. The van der Waals surface area contributed by atoms with Crippen LogP contribution in [0.25, 0.3) is 11.1 Å². The molecular weight excluding hydrogens is 259 g/mol. The molecule has 2 aromatic carbocycles.